The van der Waals surface area contributed by atoms with E-state index in [9.17, 15) is 4.79 Å². The van der Waals surface area contributed by atoms with Gasteiger partial charge in [-0.1, -0.05) is 21.1 Å². The van der Waals surface area contributed by atoms with Crippen LogP contribution in [0.4, 0.5) is 0 Å². The fourth-order valence-electron chi connectivity index (χ4n) is 1.60. The van der Waals surface area contributed by atoms with Crippen molar-refractivity contribution in [1.29, 1.82) is 0 Å². The van der Waals surface area contributed by atoms with Crippen LogP contribution in [0.3, 0.4) is 0 Å². The van der Waals surface area contributed by atoms with Gasteiger partial charge in [0.15, 0.2) is 12.4 Å². The lowest BCUT2D eigenvalue weighted by Gasteiger charge is -2.07. The maximum absolute atomic E-state index is 11.6. The molecule has 7 heteroatoms. The lowest BCUT2D eigenvalue weighted by molar-refractivity contribution is -0.146. The van der Waals surface area contributed by atoms with Gasteiger partial charge in [0.1, 0.15) is 5.75 Å². The molecule has 2 N–H and O–H groups in total. The van der Waals surface area contributed by atoms with Crippen molar-refractivity contribution >= 4 is 27.7 Å². The molecule has 0 aliphatic heterocycles. The van der Waals surface area contributed by atoms with E-state index in [0.29, 0.717) is 11.3 Å². The van der Waals surface area contributed by atoms with Crippen molar-refractivity contribution in [2.24, 2.45) is 10.9 Å². The van der Waals surface area contributed by atoms with Crippen molar-refractivity contribution in [3.63, 3.8) is 0 Å². The lowest BCUT2D eigenvalue weighted by Crippen LogP contribution is -2.18. The van der Waals surface area contributed by atoms with Crippen LogP contribution in [0.5, 0.6) is 5.75 Å². The Morgan fingerprint density at radius 3 is 2.91 bits per heavy atom. The number of hydrogen-bond acceptors (Lipinski definition) is 5. The van der Waals surface area contributed by atoms with E-state index < -0.39 is 5.97 Å². The zero-order chi connectivity index (χ0) is 15.9. The van der Waals surface area contributed by atoms with Gasteiger partial charge in [0, 0.05) is 22.4 Å². The first kappa shape index (κ1) is 16.0. The predicted molar refractivity (Wildman–Crippen MR) is 85.4 cm³/mol. The predicted octanol–water partition coefficient (Wildman–Crippen LogP) is 2.40. The van der Waals surface area contributed by atoms with Crippen LogP contribution in [0, 0.1) is 6.92 Å². The number of aryl methyl sites for hydroxylation is 1. The normalized spacial score (nSPS) is 11.1. The summed E-state index contributed by atoms with van der Waals surface area (Å²) in [5.41, 5.74) is 7.15. The van der Waals surface area contributed by atoms with Gasteiger partial charge >= 0.3 is 5.97 Å². The Morgan fingerprint density at radius 1 is 1.41 bits per heavy atom. The molecule has 6 nitrogen and oxygen atoms in total. The summed E-state index contributed by atoms with van der Waals surface area (Å²) < 4.78 is 6.31. The minimum absolute atomic E-state index is 0.0706. The summed E-state index contributed by atoms with van der Waals surface area (Å²) in [4.78, 5) is 20.2. The number of carbonyl (C=O) groups excluding carboxylic acids is 1. The van der Waals surface area contributed by atoms with Gasteiger partial charge in [0.2, 0.25) is 0 Å². The van der Waals surface area contributed by atoms with Crippen molar-refractivity contribution in [2.75, 3.05) is 6.61 Å². The molecule has 1 heterocycles. The molecule has 0 aliphatic rings. The van der Waals surface area contributed by atoms with E-state index in [4.69, 9.17) is 15.3 Å². The summed E-state index contributed by atoms with van der Waals surface area (Å²) >= 11 is 3.36. The quantitative estimate of drug-likeness (QED) is 0.381. The van der Waals surface area contributed by atoms with E-state index >= 15 is 0 Å². The number of pyridine rings is 1. The maximum atomic E-state index is 11.6. The minimum Gasteiger partial charge on any atom is -0.482 e. The summed E-state index contributed by atoms with van der Waals surface area (Å²) in [6.45, 7) is 1.62. The Hall–Kier alpha value is -2.41. The number of rotatable bonds is 5. The Kier molecular flexibility index (Phi) is 5.48. The third-order valence-electron chi connectivity index (χ3n) is 2.69. The molecule has 114 valence electrons. The highest BCUT2D eigenvalue weighted by atomic mass is 79.9. The Balaban J connectivity index is 1.88. The molecule has 0 unspecified atom stereocenters. The number of halogens is 1. The average molecular weight is 364 g/mol. The molecule has 0 atom stereocenters. The Bertz CT molecular complexity index is 690. The van der Waals surface area contributed by atoms with E-state index in [-0.39, 0.29) is 12.4 Å². The number of ether oxygens (including phenoxy) is 1. The van der Waals surface area contributed by atoms with Crippen LogP contribution in [0.2, 0.25) is 0 Å². The number of nitrogens with two attached hydrogens (primary N) is 1. The van der Waals surface area contributed by atoms with E-state index in [1.807, 2.05) is 19.1 Å². The molecule has 2 aromatic rings. The molecule has 0 bridgehead atoms. The largest absolute Gasteiger partial charge is 0.482 e. The highest BCUT2D eigenvalue weighted by Crippen LogP contribution is 2.22. The second kappa shape index (κ2) is 7.56. The summed E-state index contributed by atoms with van der Waals surface area (Å²) in [6, 6.07) is 8.89. The van der Waals surface area contributed by atoms with E-state index in [2.05, 4.69) is 26.1 Å². The molecular weight excluding hydrogens is 350 g/mol. The van der Waals surface area contributed by atoms with Gasteiger partial charge in [-0.05, 0) is 42.8 Å². The van der Waals surface area contributed by atoms with E-state index in [1.54, 1.807) is 24.4 Å². The molecule has 0 aliphatic carbocycles. The van der Waals surface area contributed by atoms with Crippen LogP contribution in [0.1, 0.15) is 11.1 Å². The summed E-state index contributed by atoms with van der Waals surface area (Å²) in [7, 11) is 0. The van der Waals surface area contributed by atoms with Crippen LogP contribution in [-0.4, -0.2) is 23.4 Å². The van der Waals surface area contributed by atoms with E-state index in [1.165, 1.54) is 6.20 Å². The van der Waals surface area contributed by atoms with Crippen molar-refractivity contribution in [3.05, 3.63) is 58.3 Å². The number of carbonyl (C=O) groups is 1. The summed E-state index contributed by atoms with van der Waals surface area (Å²) in [6.07, 6.45) is 3.13. The van der Waals surface area contributed by atoms with Crippen LogP contribution in [0.15, 0.2) is 52.4 Å². The first-order valence-corrected chi connectivity index (χ1v) is 7.18. The van der Waals surface area contributed by atoms with Crippen molar-refractivity contribution in [3.8, 4) is 5.75 Å². The first-order valence-electron chi connectivity index (χ1n) is 6.39. The molecule has 1 aromatic heterocycles. The first-order chi connectivity index (χ1) is 10.6. The van der Waals surface area contributed by atoms with Gasteiger partial charge in [-0.2, -0.15) is 0 Å². The molecule has 1 aromatic carbocycles. The van der Waals surface area contributed by atoms with Crippen molar-refractivity contribution < 1.29 is 14.4 Å². The maximum Gasteiger partial charge on any atom is 0.372 e. The van der Waals surface area contributed by atoms with Gasteiger partial charge in [-0.15, -0.1) is 0 Å². The topological polar surface area (TPSA) is 86.8 Å². The number of hydrogen-bond donors (Lipinski definition) is 1. The molecule has 0 radical (unpaired) electrons. The lowest BCUT2D eigenvalue weighted by atomic mass is 10.2. The highest BCUT2D eigenvalue weighted by molar-refractivity contribution is 9.10. The third kappa shape index (κ3) is 4.56. The third-order valence-corrected chi connectivity index (χ3v) is 3.18. The molecule has 2 rings (SSSR count). The zero-order valence-corrected chi connectivity index (χ0v) is 13.4. The Labute approximate surface area is 136 Å². The van der Waals surface area contributed by atoms with Gasteiger partial charge in [-0.25, -0.2) is 4.79 Å². The van der Waals surface area contributed by atoms with Crippen LogP contribution < -0.4 is 10.5 Å². The molecule has 22 heavy (non-hydrogen) atoms. The molecule has 0 saturated carbocycles. The average Bonchev–Trinajstić information content (AvgIpc) is 2.52. The fourth-order valence-corrected chi connectivity index (χ4v) is 2.08. The number of aromatic nitrogens is 1. The SMILES string of the molecule is Cc1cc(Br)ccc1OCC(=O)ON=C(N)c1cccnc1. The summed E-state index contributed by atoms with van der Waals surface area (Å²) in [5.74, 6) is 0.0276. The number of amidine groups is 1. The second-order valence-corrected chi connectivity index (χ2v) is 5.30. The highest BCUT2D eigenvalue weighted by Gasteiger charge is 2.07. The van der Waals surface area contributed by atoms with E-state index in [0.717, 1.165) is 10.0 Å². The molecule has 0 amide bonds. The fraction of sp³-hybridized carbons (Fsp3) is 0.133. The summed E-state index contributed by atoms with van der Waals surface area (Å²) in [5, 5.41) is 3.56. The number of nitrogens with zero attached hydrogens (tertiary/aromatic N) is 2. The second-order valence-electron chi connectivity index (χ2n) is 4.38. The number of oxime groups is 1. The molecule has 0 spiro atoms. The van der Waals surface area contributed by atoms with Gasteiger partial charge in [-0.3, -0.25) is 4.98 Å². The standard InChI is InChI=1S/C15H14BrN3O3/c1-10-7-12(16)4-5-13(10)21-9-14(20)22-19-15(17)11-3-2-6-18-8-11/h2-8H,9H2,1H3,(H2,17,19). The smallest absolute Gasteiger partial charge is 0.372 e. The van der Waals surface area contributed by atoms with Gasteiger partial charge < -0.3 is 15.3 Å². The molecule has 0 saturated heterocycles. The van der Waals surface area contributed by atoms with Crippen LogP contribution in [0.25, 0.3) is 0 Å². The van der Waals surface area contributed by atoms with Gasteiger partial charge in [0.05, 0.1) is 0 Å². The Morgan fingerprint density at radius 2 is 2.23 bits per heavy atom. The number of benzene rings is 1. The molecular formula is C15H14BrN3O3. The zero-order valence-electron chi connectivity index (χ0n) is 11.8. The molecule has 0 fully saturated rings. The minimum atomic E-state index is -0.644. The van der Waals surface area contributed by atoms with Crippen molar-refractivity contribution in [2.45, 2.75) is 6.92 Å². The van der Waals surface area contributed by atoms with Crippen molar-refractivity contribution in [1.82, 2.24) is 4.98 Å². The van der Waals surface area contributed by atoms with Crippen LogP contribution in [-0.2, 0) is 9.63 Å². The van der Waals surface area contributed by atoms with Gasteiger partial charge in [0.25, 0.3) is 0 Å². The monoisotopic (exact) mass is 363 g/mol. The van der Waals surface area contributed by atoms with Crippen LogP contribution >= 0.6 is 15.9 Å².